The normalized spacial score (nSPS) is 12.1. The van der Waals surface area contributed by atoms with Crippen LogP contribution in [0.25, 0.3) is 0 Å². The summed E-state index contributed by atoms with van der Waals surface area (Å²) in [5, 5.41) is 17.4. The van der Waals surface area contributed by atoms with E-state index in [1.165, 1.54) is 13.2 Å². The quantitative estimate of drug-likeness (QED) is 0.815. The fourth-order valence-electron chi connectivity index (χ4n) is 2.34. The average molecular weight is 329 g/mol. The lowest BCUT2D eigenvalue weighted by Gasteiger charge is -2.16. The van der Waals surface area contributed by atoms with Gasteiger partial charge in [0, 0.05) is 17.5 Å². The molecule has 0 saturated carbocycles. The molecule has 0 aliphatic heterocycles. The summed E-state index contributed by atoms with van der Waals surface area (Å²) >= 11 is 0. The Hall–Kier alpha value is -3.09. The molecular weight excluding hydrogens is 310 g/mol. The number of carbonyl (C=O) groups is 1. The monoisotopic (exact) mass is 329 g/mol. The first kappa shape index (κ1) is 17.3. The number of phenolic OH excluding ortho intramolecular Hbond substituents is 1. The maximum absolute atomic E-state index is 10.8. The molecule has 0 fully saturated rings. The number of carbonyl (C=O) groups excluding carboxylic acids is 1. The van der Waals surface area contributed by atoms with Gasteiger partial charge in [-0.25, -0.2) is 4.79 Å². The van der Waals surface area contributed by atoms with E-state index < -0.39 is 6.03 Å². The van der Waals surface area contributed by atoms with Gasteiger partial charge in [0.25, 0.3) is 0 Å². The van der Waals surface area contributed by atoms with Gasteiger partial charge >= 0.3 is 6.03 Å². The molecule has 0 aliphatic rings. The standard InChI is InChI=1S/C17H19N3O4/c1-10(11-4-6-12(23-2)7-5-11)13-8-14(19-20-17(18)22)16(24-3)9-15(13)21/h4-10,21H,1-3H3,(H2,18,22)/t10-/m1/s1. The minimum atomic E-state index is -0.908. The van der Waals surface area contributed by atoms with Crippen molar-refractivity contribution in [1.29, 1.82) is 0 Å². The van der Waals surface area contributed by atoms with Crippen molar-refractivity contribution in [3.8, 4) is 17.2 Å². The Morgan fingerprint density at radius 1 is 1.17 bits per heavy atom. The third-order valence-corrected chi connectivity index (χ3v) is 3.67. The van der Waals surface area contributed by atoms with Crippen molar-refractivity contribution >= 4 is 11.7 Å². The molecule has 126 valence electrons. The zero-order chi connectivity index (χ0) is 17.7. The highest BCUT2D eigenvalue weighted by Gasteiger charge is 2.17. The number of rotatable bonds is 5. The highest BCUT2D eigenvalue weighted by molar-refractivity contribution is 5.72. The summed E-state index contributed by atoms with van der Waals surface area (Å²) in [4.78, 5) is 10.8. The van der Waals surface area contributed by atoms with Gasteiger partial charge < -0.3 is 20.3 Å². The Kier molecular flexibility index (Phi) is 5.36. The van der Waals surface area contributed by atoms with Crippen molar-refractivity contribution in [2.75, 3.05) is 14.2 Å². The molecule has 2 amide bonds. The molecule has 2 rings (SSSR count). The Balaban J connectivity index is 2.44. The SMILES string of the molecule is COc1ccc([C@@H](C)c2cc(N=NC(N)=O)c(OC)cc2O)cc1. The Morgan fingerprint density at radius 2 is 1.83 bits per heavy atom. The topological polar surface area (TPSA) is 106 Å². The van der Waals surface area contributed by atoms with Crippen molar-refractivity contribution in [2.24, 2.45) is 16.0 Å². The van der Waals surface area contributed by atoms with Gasteiger partial charge in [-0.1, -0.05) is 24.2 Å². The molecule has 7 heteroatoms. The lowest BCUT2D eigenvalue weighted by molar-refractivity contribution is 0.255. The summed E-state index contributed by atoms with van der Waals surface area (Å²) < 4.78 is 10.3. The summed E-state index contributed by atoms with van der Waals surface area (Å²) in [6.45, 7) is 1.94. The van der Waals surface area contributed by atoms with Gasteiger partial charge in [-0.2, -0.15) is 0 Å². The molecule has 0 bridgehead atoms. The number of phenols is 1. The second-order valence-electron chi connectivity index (χ2n) is 5.12. The molecule has 3 N–H and O–H groups in total. The van der Waals surface area contributed by atoms with E-state index in [1.807, 2.05) is 31.2 Å². The van der Waals surface area contributed by atoms with Gasteiger partial charge in [-0.3, -0.25) is 0 Å². The first-order valence-corrected chi connectivity index (χ1v) is 7.22. The molecule has 24 heavy (non-hydrogen) atoms. The molecule has 7 nitrogen and oxygen atoms in total. The van der Waals surface area contributed by atoms with Crippen LogP contribution in [0.3, 0.4) is 0 Å². The molecule has 2 aromatic carbocycles. The van der Waals surface area contributed by atoms with Crippen molar-refractivity contribution in [3.05, 3.63) is 47.5 Å². The Bertz CT molecular complexity index is 757. The number of amides is 2. The fraction of sp³-hybridized carbons (Fsp3) is 0.235. The lowest BCUT2D eigenvalue weighted by atomic mass is 9.92. The average Bonchev–Trinajstić information content (AvgIpc) is 2.59. The molecule has 0 saturated heterocycles. The number of primary amides is 1. The van der Waals surface area contributed by atoms with Crippen LogP contribution in [0.1, 0.15) is 24.0 Å². The second-order valence-corrected chi connectivity index (χ2v) is 5.12. The van der Waals surface area contributed by atoms with E-state index in [-0.39, 0.29) is 11.7 Å². The number of hydrogen-bond donors (Lipinski definition) is 2. The predicted molar refractivity (Wildman–Crippen MR) is 89.3 cm³/mol. The van der Waals surface area contributed by atoms with Gasteiger partial charge in [0.2, 0.25) is 0 Å². The number of hydrogen-bond acceptors (Lipinski definition) is 5. The molecule has 2 aromatic rings. The second kappa shape index (κ2) is 7.45. The van der Waals surface area contributed by atoms with Gasteiger partial charge in [0.05, 0.1) is 14.2 Å². The van der Waals surface area contributed by atoms with E-state index in [0.29, 0.717) is 17.0 Å². The zero-order valence-corrected chi connectivity index (χ0v) is 13.7. The van der Waals surface area contributed by atoms with Gasteiger partial charge in [0.1, 0.15) is 22.9 Å². The minimum Gasteiger partial charge on any atom is -0.508 e. The van der Waals surface area contributed by atoms with E-state index in [4.69, 9.17) is 15.2 Å². The summed E-state index contributed by atoms with van der Waals surface area (Å²) in [6.07, 6.45) is 0. The van der Waals surface area contributed by atoms with Gasteiger partial charge in [0.15, 0.2) is 0 Å². The summed E-state index contributed by atoms with van der Waals surface area (Å²) in [5.74, 6) is 0.988. The Labute approximate surface area is 139 Å². The number of azo groups is 1. The van der Waals surface area contributed by atoms with E-state index in [9.17, 15) is 9.90 Å². The van der Waals surface area contributed by atoms with Crippen molar-refractivity contribution < 1.29 is 19.4 Å². The van der Waals surface area contributed by atoms with E-state index >= 15 is 0 Å². The highest BCUT2D eigenvalue weighted by atomic mass is 16.5. The van der Waals surface area contributed by atoms with Gasteiger partial charge in [-0.05, 0) is 23.8 Å². The maximum atomic E-state index is 10.8. The van der Waals surface area contributed by atoms with Crippen LogP contribution in [0, 0.1) is 0 Å². The van der Waals surface area contributed by atoms with Crippen LogP contribution in [0.15, 0.2) is 46.6 Å². The third-order valence-electron chi connectivity index (χ3n) is 3.67. The maximum Gasteiger partial charge on any atom is 0.356 e. The summed E-state index contributed by atoms with van der Waals surface area (Å²) in [5.41, 5.74) is 6.89. The number of aromatic hydroxyl groups is 1. The van der Waals surface area contributed by atoms with Crippen molar-refractivity contribution in [1.82, 2.24) is 0 Å². The highest BCUT2D eigenvalue weighted by Crippen LogP contribution is 2.40. The number of benzene rings is 2. The first-order valence-electron chi connectivity index (χ1n) is 7.22. The Morgan fingerprint density at radius 3 is 2.38 bits per heavy atom. The molecule has 0 aromatic heterocycles. The molecule has 0 radical (unpaired) electrons. The fourth-order valence-corrected chi connectivity index (χ4v) is 2.34. The summed E-state index contributed by atoms with van der Waals surface area (Å²) in [6, 6.07) is 9.67. The number of ether oxygens (including phenoxy) is 2. The first-order chi connectivity index (χ1) is 11.5. The van der Waals surface area contributed by atoms with Crippen LogP contribution < -0.4 is 15.2 Å². The van der Waals surface area contributed by atoms with Crippen LogP contribution in [0.5, 0.6) is 17.2 Å². The number of methoxy groups -OCH3 is 2. The largest absolute Gasteiger partial charge is 0.508 e. The van der Waals surface area contributed by atoms with Crippen LogP contribution in [0.4, 0.5) is 10.5 Å². The predicted octanol–water partition coefficient (Wildman–Crippen LogP) is 3.72. The third kappa shape index (κ3) is 3.81. The summed E-state index contributed by atoms with van der Waals surface area (Å²) in [7, 11) is 3.04. The van der Waals surface area contributed by atoms with Crippen LogP contribution in [0.2, 0.25) is 0 Å². The van der Waals surface area contributed by atoms with Gasteiger partial charge in [-0.15, -0.1) is 5.11 Å². The number of urea groups is 1. The number of nitrogens with two attached hydrogens (primary N) is 1. The lowest BCUT2D eigenvalue weighted by Crippen LogP contribution is -2.02. The molecule has 0 spiro atoms. The zero-order valence-electron chi connectivity index (χ0n) is 13.7. The molecule has 1 atom stereocenters. The van der Waals surface area contributed by atoms with E-state index in [1.54, 1.807) is 13.2 Å². The van der Waals surface area contributed by atoms with Crippen molar-refractivity contribution in [2.45, 2.75) is 12.8 Å². The smallest absolute Gasteiger partial charge is 0.356 e. The van der Waals surface area contributed by atoms with Crippen LogP contribution in [-0.2, 0) is 0 Å². The number of nitrogens with zero attached hydrogens (tertiary/aromatic N) is 2. The molecule has 0 aliphatic carbocycles. The van der Waals surface area contributed by atoms with Crippen LogP contribution in [-0.4, -0.2) is 25.4 Å². The molecule has 0 unspecified atom stereocenters. The molecular formula is C17H19N3O4. The minimum absolute atomic E-state index is 0.0631. The van der Waals surface area contributed by atoms with E-state index in [0.717, 1.165) is 11.3 Å². The molecule has 0 heterocycles. The van der Waals surface area contributed by atoms with E-state index in [2.05, 4.69) is 10.2 Å². The van der Waals surface area contributed by atoms with Crippen LogP contribution >= 0.6 is 0 Å². The van der Waals surface area contributed by atoms with Crippen molar-refractivity contribution in [3.63, 3.8) is 0 Å².